The van der Waals surface area contributed by atoms with Crippen LogP contribution in [0.3, 0.4) is 0 Å². The fourth-order valence-corrected chi connectivity index (χ4v) is 3.91. The molecule has 22 heavy (non-hydrogen) atoms. The van der Waals surface area contributed by atoms with E-state index in [-0.39, 0.29) is 16.6 Å². The topological polar surface area (TPSA) is 89.3 Å². The van der Waals surface area contributed by atoms with Crippen LogP contribution < -0.4 is 4.72 Å². The van der Waals surface area contributed by atoms with Crippen molar-refractivity contribution in [3.8, 4) is 0 Å². The third-order valence-electron chi connectivity index (χ3n) is 3.73. The van der Waals surface area contributed by atoms with Crippen molar-refractivity contribution in [2.45, 2.75) is 23.8 Å². The van der Waals surface area contributed by atoms with Crippen molar-refractivity contribution in [3.63, 3.8) is 0 Å². The Labute approximate surface area is 128 Å². The number of hydrogen-bond acceptors (Lipinski definition) is 4. The summed E-state index contributed by atoms with van der Waals surface area (Å²) in [6.45, 7) is 0. The smallest absolute Gasteiger partial charge is 0.258 e. The van der Waals surface area contributed by atoms with Gasteiger partial charge in [-0.15, -0.1) is 0 Å². The maximum atomic E-state index is 12.3. The van der Waals surface area contributed by atoms with Gasteiger partial charge in [0.1, 0.15) is 0 Å². The van der Waals surface area contributed by atoms with Gasteiger partial charge in [0.2, 0.25) is 10.0 Å². The van der Waals surface area contributed by atoms with Gasteiger partial charge in [0.05, 0.1) is 9.82 Å². The van der Waals surface area contributed by atoms with Crippen LogP contribution in [0, 0.1) is 10.1 Å². The van der Waals surface area contributed by atoms with Gasteiger partial charge in [-0.2, -0.15) is 0 Å². The maximum Gasteiger partial charge on any atom is 0.269 e. The third kappa shape index (κ3) is 2.86. The summed E-state index contributed by atoms with van der Waals surface area (Å²) in [6, 6.07) is 12.6. The molecule has 6 nitrogen and oxygen atoms in total. The van der Waals surface area contributed by atoms with Crippen LogP contribution in [-0.4, -0.2) is 19.4 Å². The zero-order valence-electron chi connectivity index (χ0n) is 11.6. The molecule has 2 aromatic rings. The number of nitro groups is 1. The molecular formula is C15H14N2O4S. The molecule has 0 fully saturated rings. The van der Waals surface area contributed by atoms with Gasteiger partial charge < -0.3 is 0 Å². The number of nitro benzene ring substituents is 1. The van der Waals surface area contributed by atoms with E-state index in [1.54, 1.807) is 0 Å². The van der Waals surface area contributed by atoms with E-state index in [0.717, 1.165) is 11.1 Å². The summed E-state index contributed by atoms with van der Waals surface area (Å²) in [4.78, 5) is 10.1. The molecule has 0 bridgehead atoms. The van der Waals surface area contributed by atoms with Crippen LogP contribution >= 0.6 is 0 Å². The van der Waals surface area contributed by atoms with Crippen LogP contribution in [0.25, 0.3) is 0 Å². The minimum atomic E-state index is -3.68. The van der Waals surface area contributed by atoms with Gasteiger partial charge in [0.25, 0.3) is 5.69 Å². The number of benzene rings is 2. The molecule has 0 radical (unpaired) electrons. The van der Waals surface area contributed by atoms with E-state index in [1.807, 2.05) is 24.3 Å². The first kappa shape index (κ1) is 14.7. The molecule has 1 N–H and O–H groups in total. The van der Waals surface area contributed by atoms with E-state index in [2.05, 4.69) is 4.72 Å². The minimum absolute atomic E-state index is 0.0362. The largest absolute Gasteiger partial charge is 0.269 e. The minimum Gasteiger partial charge on any atom is -0.258 e. The fourth-order valence-electron chi connectivity index (χ4n) is 2.68. The summed E-state index contributed by atoms with van der Waals surface area (Å²) in [6.07, 6.45) is 1.31. The molecule has 0 atom stereocenters. The first-order valence-corrected chi connectivity index (χ1v) is 8.27. The average molecular weight is 318 g/mol. The Kier molecular flexibility index (Phi) is 3.67. The molecule has 0 saturated heterocycles. The first-order chi connectivity index (χ1) is 10.5. The standard InChI is InChI=1S/C15H14N2O4S/c18-17(19)14-5-7-15(8-6-14)22(20,21)16-13-9-11-3-1-2-4-12(11)10-13/h1-8,13,16H,9-10H2. The Morgan fingerprint density at radius 1 is 1.00 bits per heavy atom. The number of nitrogens with zero attached hydrogens (tertiary/aromatic N) is 1. The van der Waals surface area contributed by atoms with Crippen molar-refractivity contribution < 1.29 is 13.3 Å². The second kappa shape index (κ2) is 5.51. The summed E-state index contributed by atoms with van der Waals surface area (Å²) in [7, 11) is -3.68. The van der Waals surface area contributed by atoms with Gasteiger partial charge in [-0.25, -0.2) is 13.1 Å². The second-order valence-corrected chi connectivity index (χ2v) is 6.96. The molecule has 1 aliphatic rings. The molecule has 114 valence electrons. The molecule has 0 aromatic heterocycles. The van der Waals surface area contributed by atoms with Gasteiger partial charge in [0.15, 0.2) is 0 Å². The van der Waals surface area contributed by atoms with Crippen molar-refractivity contribution in [1.82, 2.24) is 4.72 Å². The van der Waals surface area contributed by atoms with Crippen LogP contribution in [-0.2, 0) is 22.9 Å². The third-order valence-corrected chi connectivity index (χ3v) is 5.27. The molecule has 0 heterocycles. The zero-order valence-corrected chi connectivity index (χ0v) is 12.4. The lowest BCUT2D eigenvalue weighted by Gasteiger charge is -2.12. The number of non-ortho nitro benzene ring substituents is 1. The number of fused-ring (bicyclic) bond motifs is 1. The van der Waals surface area contributed by atoms with Crippen LogP contribution in [0.1, 0.15) is 11.1 Å². The first-order valence-electron chi connectivity index (χ1n) is 6.79. The molecule has 0 spiro atoms. The van der Waals surface area contributed by atoms with E-state index >= 15 is 0 Å². The van der Waals surface area contributed by atoms with Crippen molar-refractivity contribution in [3.05, 3.63) is 69.8 Å². The molecule has 2 aromatic carbocycles. The SMILES string of the molecule is O=[N+]([O-])c1ccc(S(=O)(=O)NC2Cc3ccccc3C2)cc1. The predicted octanol–water partition coefficient (Wildman–Crippen LogP) is 2.04. The number of hydrogen-bond donors (Lipinski definition) is 1. The Morgan fingerprint density at radius 2 is 1.55 bits per heavy atom. The predicted molar refractivity (Wildman–Crippen MR) is 81.1 cm³/mol. The van der Waals surface area contributed by atoms with Crippen molar-refractivity contribution >= 4 is 15.7 Å². The fraction of sp³-hybridized carbons (Fsp3) is 0.200. The highest BCUT2D eigenvalue weighted by Gasteiger charge is 2.26. The lowest BCUT2D eigenvalue weighted by Crippen LogP contribution is -2.35. The molecule has 7 heteroatoms. The Hall–Kier alpha value is -2.25. The van der Waals surface area contributed by atoms with Crippen LogP contribution in [0.4, 0.5) is 5.69 Å². The summed E-state index contributed by atoms with van der Waals surface area (Å²) in [5.74, 6) is 0. The lowest BCUT2D eigenvalue weighted by atomic mass is 10.1. The molecule has 1 aliphatic carbocycles. The molecule has 0 unspecified atom stereocenters. The van der Waals surface area contributed by atoms with E-state index in [0.29, 0.717) is 12.8 Å². The van der Waals surface area contributed by atoms with Crippen LogP contribution in [0.5, 0.6) is 0 Å². The highest BCUT2D eigenvalue weighted by Crippen LogP contribution is 2.23. The lowest BCUT2D eigenvalue weighted by molar-refractivity contribution is -0.384. The normalized spacial score (nSPS) is 14.7. The Morgan fingerprint density at radius 3 is 2.05 bits per heavy atom. The van der Waals surface area contributed by atoms with Crippen molar-refractivity contribution in [2.24, 2.45) is 0 Å². The quantitative estimate of drug-likeness (QED) is 0.690. The average Bonchev–Trinajstić information content (AvgIpc) is 2.88. The molecule has 0 saturated carbocycles. The Balaban J connectivity index is 1.76. The molecule has 0 amide bonds. The van der Waals surface area contributed by atoms with Crippen molar-refractivity contribution in [1.29, 1.82) is 0 Å². The van der Waals surface area contributed by atoms with Crippen LogP contribution in [0.2, 0.25) is 0 Å². The van der Waals surface area contributed by atoms with E-state index in [4.69, 9.17) is 0 Å². The summed E-state index contributed by atoms with van der Waals surface area (Å²) in [5, 5.41) is 10.6. The number of sulfonamides is 1. The van der Waals surface area contributed by atoms with Gasteiger partial charge in [-0.1, -0.05) is 24.3 Å². The van der Waals surface area contributed by atoms with Gasteiger partial charge in [-0.3, -0.25) is 10.1 Å². The van der Waals surface area contributed by atoms with E-state index < -0.39 is 14.9 Å². The van der Waals surface area contributed by atoms with E-state index in [9.17, 15) is 18.5 Å². The molecule has 0 aliphatic heterocycles. The monoisotopic (exact) mass is 318 g/mol. The van der Waals surface area contributed by atoms with Gasteiger partial charge >= 0.3 is 0 Å². The number of rotatable bonds is 4. The maximum absolute atomic E-state index is 12.3. The zero-order chi connectivity index (χ0) is 15.7. The highest BCUT2D eigenvalue weighted by atomic mass is 32.2. The summed E-state index contributed by atoms with van der Waals surface area (Å²) < 4.78 is 27.3. The van der Waals surface area contributed by atoms with E-state index in [1.165, 1.54) is 24.3 Å². The number of nitrogens with one attached hydrogen (secondary N) is 1. The second-order valence-electron chi connectivity index (χ2n) is 5.25. The Bertz CT molecular complexity index is 791. The highest BCUT2D eigenvalue weighted by molar-refractivity contribution is 7.89. The summed E-state index contributed by atoms with van der Waals surface area (Å²) >= 11 is 0. The van der Waals surface area contributed by atoms with Crippen LogP contribution in [0.15, 0.2) is 53.4 Å². The molecule has 3 rings (SSSR count). The van der Waals surface area contributed by atoms with Crippen molar-refractivity contribution in [2.75, 3.05) is 0 Å². The van der Waals surface area contributed by atoms with Gasteiger partial charge in [0, 0.05) is 18.2 Å². The van der Waals surface area contributed by atoms with Gasteiger partial charge in [-0.05, 0) is 36.1 Å². The molecular weight excluding hydrogens is 304 g/mol. The summed E-state index contributed by atoms with van der Waals surface area (Å²) in [5.41, 5.74) is 2.17.